The molecule has 126 valence electrons. The molecular formula is C16H15BrN2O3S2. The van der Waals surface area contributed by atoms with Crippen LogP contribution in [0.3, 0.4) is 0 Å². The molecule has 0 atom stereocenters. The molecule has 0 aromatic heterocycles. The monoisotopic (exact) mass is 426 g/mol. The maximum absolute atomic E-state index is 12.5. The topological polar surface area (TPSA) is 80.5 Å². The Morgan fingerprint density at radius 1 is 1.25 bits per heavy atom. The largest absolute Gasteiger partial charge is 0.311 e. The van der Waals surface area contributed by atoms with Crippen LogP contribution in [-0.4, -0.2) is 26.6 Å². The van der Waals surface area contributed by atoms with Crippen molar-refractivity contribution in [3.05, 3.63) is 52.5 Å². The Morgan fingerprint density at radius 2 is 2.04 bits per heavy atom. The van der Waals surface area contributed by atoms with Gasteiger partial charge in [-0.15, -0.1) is 11.8 Å². The van der Waals surface area contributed by atoms with Gasteiger partial charge in [0.1, 0.15) is 0 Å². The highest BCUT2D eigenvalue weighted by atomic mass is 79.9. The van der Waals surface area contributed by atoms with Gasteiger partial charge in [0.15, 0.2) is 0 Å². The Hall–Kier alpha value is -1.35. The third-order valence-electron chi connectivity index (χ3n) is 3.73. The molecule has 3 rings (SSSR count). The molecule has 2 N–H and O–H groups in total. The summed E-state index contributed by atoms with van der Waals surface area (Å²) in [5, 5.41) is 5.15. The molecule has 2 aromatic carbocycles. The van der Waals surface area contributed by atoms with Gasteiger partial charge < -0.3 is 4.90 Å². The zero-order valence-electron chi connectivity index (χ0n) is 12.6. The van der Waals surface area contributed by atoms with E-state index in [-0.39, 0.29) is 10.8 Å². The number of benzene rings is 2. The van der Waals surface area contributed by atoms with Crippen molar-refractivity contribution in [2.24, 2.45) is 5.14 Å². The molecule has 0 saturated carbocycles. The Bertz CT molecular complexity index is 900. The molecule has 0 saturated heterocycles. The molecule has 0 bridgehead atoms. The second-order valence-electron chi connectivity index (χ2n) is 5.38. The van der Waals surface area contributed by atoms with E-state index in [9.17, 15) is 13.2 Å². The normalized spacial score (nSPS) is 13.8. The van der Waals surface area contributed by atoms with E-state index >= 15 is 0 Å². The lowest BCUT2D eigenvalue weighted by molar-refractivity contribution is -0.116. The Kier molecular flexibility index (Phi) is 5.00. The number of sulfonamides is 1. The van der Waals surface area contributed by atoms with Crippen LogP contribution in [0.15, 0.2) is 56.7 Å². The summed E-state index contributed by atoms with van der Waals surface area (Å²) in [6, 6.07) is 12.4. The van der Waals surface area contributed by atoms with Gasteiger partial charge in [0, 0.05) is 21.6 Å². The Balaban J connectivity index is 1.72. The van der Waals surface area contributed by atoms with Crippen LogP contribution in [0, 0.1) is 0 Å². The zero-order valence-corrected chi connectivity index (χ0v) is 15.8. The summed E-state index contributed by atoms with van der Waals surface area (Å²) in [5.74, 6) is 0.328. The summed E-state index contributed by atoms with van der Waals surface area (Å²) in [6.07, 6.45) is 0.631. The van der Waals surface area contributed by atoms with Crippen LogP contribution in [0.4, 0.5) is 5.69 Å². The van der Waals surface area contributed by atoms with Gasteiger partial charge in [-0.1, -0.05) is 22.0 Å². The number of carbonyl (C=O) groups is 1. The molecule has 1 aliphatic heterocycles. The van der Waals surface area contributed by atoms with Crippen molar-refractivity contribution < 1.29 is 13.2 Å². The van der Waals surface area contributed by atoms with Crippen molar-refractivity contribution in [2.45, 2.75) is 16.2 Å². The summed E-state index contributed by atoms with van der Waals surface area (Å²) in [5.41, 5.74) is 1.60. The molecule has 1 amide bonds. The van der Waals surface area contributed by atoms with Crippen molar-refractivity contribution in [1.82, 2.24) is 0 Å². The summed E-state index contributed by atoms with van der Waals surface area (Å²) in [7, 11) is -3.72. The number of carbonyl (C=O) groups excluding carboxylic acids is 1. The molecular weight excluding hydrogens is 412 g/mol. The maximum Gasteiger partial charge on any atom is 0.238 e. The third-order valence-corrected chi connectivity index (χ3v) is 6.12. The lowest BCUT2D eigenvalue weighted by atomic mass is 10.2. The number of rotatable bonds is 4. The van der Waals surface area contributed by atoms with Gasteiger partial charge in [0.25, 0.3) is 0 Å². The second kappa shape index (κ2) is 6.87. The molecule has 0 fully saturated rings. The number of fused-ring (bicyclic) bond motifs is 1. The molecule has 0 radical (unpaired) electrons. The molecule has 8 heteroatoms. The van der Waals surface area contributed by atoms with Crippen LogP contribution in [0.2, 0.25) is 0 Å². The van der Waals surface area contributed by atoms with E-state index in [1.54, 1.807) is 17.0 Å². The van der Waals surface area contributed by atoms with Gasteiger partial charge in [-0.05, 0) is 48.4 Å². The summed E-state index contributed by atoms with van der Waals surface area (Å²) < 4.78 is 23.8. The lowest BCUT2D eigenvalue weighted by Crippen LogP contribution is -2.30. The maximum atomic E-state index is 12.5. The fraction of sp³-hybridized carbons (Fsp3) is 0.188. The van der Waals surface area contributed by atoms with Crippen molar-refractivity contribution in [3.63, 3.8) is 0 Å². The fourth-order valence-electron chi connectivity index (χ4n) is 2.59. The standard InChI is InChI=1S/C16H15BrN2O3S2/c17-12-2-1-3-13(9-12)23-10-16(20)19-7-6-11-8-14(24(18,21)22)4-5-15(11)19/h1-5,8-9H,6-7,10H2,(H2,18,21,22). The summed E-state index contributed by atoms with van der Waals surface area (Å²) in [4.78, 5) is 15.3. The number of hydrogen-bond acceptors (Lipinski definition) is 4. The molecule has 0 spiro atoms. The molecule has 24 heavy (non-hydrogen) atoms. The van der Waals surface area contributed by atoms with Crippen LogP contribution in [0.5, 0.6) is 0 Å². The summed E-state index contributed by atoms with van der Waals surface area (Å²) in [6.45, 7) is 0.557. The Morgan fingerprint density at radius 3 is 2.75 bits per heavy atom. The van der Waals surface area contributed by atoms with Crippen LogP contribution < -0.4 is 10.0 Å². The van der Waals surface area contributed by atoms with Gasteiger partial charge >= 0.3 is 0 Å². The van der Waals surface area contributed by atoms with E-state index in [4.69, 9.17) is 5.14 Å². The third kappa shape index (κ3) is 3.83. The van der Waals surface area contributed by atoms with E-state index < -0.39 is 10.0 Å². The number of halogens is 1. The molecule has 0 aliphatic carbocycles. The highest BCUT2D eigenvalue weighted by Gasteiger charge is 2.25. The number of thioether (sulfide) groups is 1. The highest BCUT2D eigenvalue weighted by Crippen LogP contribution is 2.31. The van der Waals surface area contributed by atoms with E-state index in [1.165, 1.54) is 17.8 Å². The first-order valence-electron chi connectivity index (χ1n) is 7.19. The van der Waals surface area contributed by atoms with Crippen LogP contribution >= 0.6 is 27.7 Å². The molecule has 0 unspecified atom stereocenters. The number of primary sulfonamides is 1. The minimum absolute atomic E-state index is 0.00193. The zero-order chi connectivity index (χ0) is 17.3. The van der Waals surface area contributed by atoms with E-state index in [2.05, 4.69) is 15.9 Å². The quantitative estimate of drug-likeness (QED) is 0.761. The van der Waals surface area contributed by atoms with E-state index in [1.807, 2.05) is 24.3 Å². The lowest BCUT2D eigenvalue weighted by Gasteiger charge is -2.17. The van der Waals surface area contributed by atoms with Crippen LogP contribution in [0.1, 0.15) is 5.56 Å². The van der Waals surface area contributed by atoms with Gasteiger partial charge in [0.05, 0.1) is 10.6 Å². The van der Waals surface area contributed by atoms with Crippen LogP contribution in [-0.2, 0) is 21.2 Å². The van der Waals surface area contributed by atoms with Gasteiger partial charge in [-0.3, -0.25) is 4.79 Å². The number of amides is 1. The number of anilines is 1. The second-order valence-corrected chi connectivity index (χ2v) is 8.90. The molecule has 1 aliphatic rings. The van der Waals surface area contributed by atoms with Crippen molar-refractivity contribution in [1.29, 1.82) is 0 Å². The first-order chi connectivity index (χ1) is 11.3. The van der Waals surface area contributed by atoms with Crippen molar-refractivity contribution in [3.8, 4) is 0 Å². The number of nitrogens with two attached hydrogens (primary N) is 1. The number of hydrogen-bond donors (Lipinski definition) is 1. The predicted molar refractivity (Wildman–Crippen MR) is 98.7 cm³/mol. The average Bonchev–Trinajstić information content (AvgIpc) is 2.95. The van der Waals surface area contributed by atoms with E-state index in [0.29, 0.717) is 18.7 Å². The molecule has 2 aromatic rings. The number of nitrogens with zero attached hydrogens (tertiary/aromatic N) is 1. The SMILES string of the molecule is NS(=O)(=O)c1ccc2c(c1)CCN2C(=O)CSc1cccc(Br)c1. The van der Waals surface area contributed by atoms with Gasteiger partial charge in [-0.2, -0.15) is 0 Å². The molecule has 1 heterocycles. The van der Waals surface area contributed by atoms with Gasteiger partial charge in [-0.25, -0.2) is 13.6 Å². The van der Waals surface area contributed by atoms with Crippen molar-refractivity contribution in [2.75, 3.05) is 17.2 Å². The predicted octanol–water partition coefficient (Wildman–Crippen LogP) is 2.78. The highest BCUT2D eigenvalue weighted by molar-refractivity contribution is 9.10. The minimum Gasteiger partial charge on any atom is -0.311 e. The minimum atomic E-state index is -3.72. The van der Waals surface area contributed by atoms with Crippen molar-refractivity contribution >= 4 is 49.3 Å². The summed E-state index contributed by atoms with van der Waals surface area (Å²) >= 11 is 4.89. The Labute approximate surface area is 153 Å². The van der Waals surface area contributed by atoms with Crippen LogP contribution in [0.25, 0.3) is 0 Å². The fourth-order valence-corrected chi connectivity index (χ4v) is 4.54. The first kappa shape index (κ1) is 17.5. The van der Waals surface area contributed by atoms with E-state index in [0.717, 1.165) is 20.6 Å². The average molecular weight is 427 g/mol. The smallest absolute Gasteiger partial charge is 0.238 e. The van der Waals surface area contributed by atoms with Gasteiger partial charge in [0.2, 0.25) is 15.9 Å². The molecule has 5 nitrogen and oxygen atoms in total. The first-order valence-corrected chi connectivity index (χ1v) is 10.5.